The SMILES string of the molecule is CC(/C=N\Nc1ccccc1Cl)=C\c1ccccc1. The first-order valence-electron chi connectivity index (χ1n) is 6.02. The molecule has 2 nitrogen and oxygen atoms in total. The quantitative estimate of drug-likeness (QED) is 0.624. The molecule has 0 fully saturated rings. The van der Waals surface area contributed by atoms with Crippen LogP contribution in [0.15, 0.2) is 65.3 Å². The summed E-state index contributed by atoms with van der Waals surface area (Å²) >= 11 is 6.02. The lowest BCUT2D eigenvalue weighted by Crippen LogP contribution is -1.90. The van der Waals surface area contributed by atoms with Crippen molar-refractivity contribution in [3.63, 3.8) is 0 Å². The van der Waals surface area contributed by atoms with Crippen molar-refractivity contribution in [2.75, 3.05) is 5.43 Å². The number of anilines is 1. The highest BCUT2D eigenvalue weighted by Gasteiger charge is 1.94. The maximum atomic E-state index is 6.02. The van der Waals surface area contributed by atoms with Crippen molar-refractivity contribution in [2.45, 2.75) is 6.92 Å². The van der Waals surface area contributed by atoms with Crippen LogP contribution in [0.25, 0.3) is 6.08 Å². The molecule has 0 aliphatic rings. The van der Waals surface area contributed by atoms with Crippen molar-refractivity contribution < 1.29 is 0 Å². The van der Waals surface area contributed by atoms with Crippen LogP contribution in [0.2, 0.25) is 5.02 Å². The Hall–Kier alpha value is -2.06. The third-order valence-electron chi connectivity index (χ3n) is 2.52. The Kier molecular flexibility index (Phi) is 4.76. The van der Waals surface area contributed by atoms with Crippen LogP contribution >= 0.6 is 11.6 Å². The Morgan fingerprint density at radius 2 is 1.74 bits per heavy atom. The predicted octanol–water partition coefficient (Wildman–Crippen LogP) is 4.84. The molecule has 96 valence electrons. The van der Waals surface area contributed by atoms with E-state index in [9.17, 15) is 0 Å². The number of benzene rings is 2. The molecule has 0 spiro atoms. The minimum Gasteiger partial charge on any atom is -0.277 e. The second kappa shape index (κ2) is 6.76. The van der Waals surface area contributed by atoms with E-state index < -0.39 is 0 Å². The lowest BCUT2D eigenvalue weighted by atomic mass is 10.1. The van der Waals surface area contributed by atoms with E-state index >= 15 is 0 Å². The Labute approximate surface area is 118 Å². The van der Waals surface area contributed by atoms with Gasteiger partial charge in [-0.3, -0.25) is 5.43 Å². The van der Waals surface area contributed by atoms with E-state index in [1.165, 1.54) is 0 Å². The molecule has 0 unspecified atom stereocenters. The van der Waals surface area contributed by atoms with Gasteiger partial charge in [0.25, 0.3) is 0 Å². The fraction of sp³-hybridized carbons (Fsp3) is 0.0625. The molecule has 0 aliphatic heterocycles. The van der Waals surface area contributed by atoms with Gasteiger partial charge in [-0.25, -0.2) is 0 Å². The summed E-state index contributed by atoms with van der Waals surface area (Å²) in [4.78, 5) is 0. The number of para-hydroxylation sites is 1. The Balaban J connectivity index is 2.00. The van der Waals surface area contributed by atoms with Gasteiger partial charge in [0.05, 0.1) is 16.9 Å². The van der Waals surface area contributed by atoms with Crippen LogP contribution in [0.5, 0.6) is 0 Å². The summed E-state index contributed by atoms with van der Waals surface area (Å²) in [5, 5.41) is 4.83. The average molecular weight is 271 g/mol. The number of nitrogens with zero attached hydrogens (tertiary/aromatic N) is 1. The van der Waals surface area contributed by atoms with Crippen molar-refractivity contribution in [1.82, 2.24) is 0 Å². The van der Waals surface area contributed by atoms with E-state index in [4.69, 9.17) is 11.6 Å². The van der Waals surface area contributed by atoms with Gasteiger partial charge in [-0.15, -0.1) is 0 Å². The number of rotatable bonds is 4. The Morgan fingerprint density at radius 3 is 2.47 bits per heavy atom. The third-order valence-corrected chi connectivity index (χ3v) is 2.85. The molecular weight excluding hydrogens is 256 g/mol. The van der Waals surface area contributed by atoms with Crippen molar-refractivity contribution in [3.8, 4) is 0 Å². The number of halogens is 1. The van der Waals surface area contributed by atoms with E-state index in [0.717, 1.165) is 16.8 Å². The summed E-state index contributed by atoms with van der Waals surface area (Å²) in [5.74, 6) is 0. The first kappa shape index (κ1) is 13.4. The van der Waals surface area contributed by atoms with E-state index in [1.54, 1.807) is 6.21 Å². The molecule has 0 heterocycles. The summed E-state index contributed by atoms with van der Waals surface area (Å²) in [5.41, 5.74) is 5.94. The molecule has 0 bridgehead atoms. The van der Waals surface area contributed by atoms with E-state index in [1.807, 2.05) is 49.4 Å². The molecule has 2 rings (SSSR count). The standard InChI is InChI=1S/C16H15ClN2/c1-13(11-14-7-3-2-4-8-14)12-18-19-16-10-6-5-9-15(16)17/h2-12,19H,1H3/b13-11+,18-12-. The summed E-state index contributed by atoms with van der Waals surface area (Å²) in [7, 11) is 0. The van der Waals surface area contributed by atoms with Crippen LogP contribution in [0.4, 0.5) is 5.69 Å². The molecule has 0 aliphatic carbocycles. The van der Waals surface area contributed by atoms with Crippen LogP contribution in [0, 0.1) is 0 Å². The lowest BCUT2D eigenvalue weighted by molar-refractivity contribution is 1.35. The number of hydrazone groups is 1. The van der Waals surface area contributed by atoms with Crippen molar-refractivity contribution in [1.29, 1.82) is 0 Å². The van der Waals surface area contributed by atoms with Gasteiger partial charge in [-0.1, -0.05) is 60.1 Å². The Morgan fingerprint density at radius 1 is 1.05 bits per heavy atom. The molecule has 3 heteroatoms. The van der Waals surface area contributed by atoms with Gasteiger partial charge in [0.2, 0.25) is 0 Å². The van der Waals surface area contributed by atoms with Gasteiger partial charge in [-0.05, 0) is 30.2 Å². The molecule has 0 radical (unpaired) electrons. The topological polar surface area (TPSA) is 24.4 Å². The molecule has 2 aromatic carbocycles. The van der Waals surface area contributed by atoms with Gasteiger partial charge in [0.1, 0.15) is 0 Å². The molecule has 0 saturated carbocycles. The normalized spacial score (nSPS) is 11.8. The van der Waals surface area contributed by atoms with Gasteiger partial charge >= 0.3 is 0 Å². The van der Waals surface area contributed by atoms with Crippen LogP contribution in [-0.4, -0.2) is 6.21 Å². The zero-order chi connectivity index (χ0) is 13.5. The molecule has 0 amide bonds. The number of hydrogen-bond acceptors (Lipinski definition) is 2. The molecule has 0 aromatic heterocycles. The second-order valence-corrected chi connectivity index (χ2v) is 4.56. The largest absolute Gasteiger partial charge is 0.277 e. The molecule has 0 atom stereocenters. The minimum absolute atomic E-state index is 0.657. The zero-order valence-corrected chi connectivity index (χ0v) is 11.4. The lowest BCUT2D eigenvalue weighted by Gasteiger charge is -2.01. The maximum absolute atomic E-state index is 6.02. The first-order valence-corrected chi connectivity index (χ1v) is 6.40. The van der Waals surface area contributed by atoms with Crippen LogP contribution < -0.4 is 5.43 Å². The highest BCUT2D eigenvalue weighted by atomic mass is 35.5. The van der Waals surface area contributed by atoms with Gasteiger partial charge in [0, 0.05) is 0 Å². The van der Waals surface area contributed by atoms with Crippen LogP contribution in [0.3, 0.4) is 0 Å². The number of allylic oxidation sites excluding steroid dienone is 1. The Bertz CT molecular complexity index is 589. The predicted molar refractivity (Wildman–Crippen MR) is 83.7 cm³/mol. The molecule has 2 aromatic rings. The number of hydrogen-bond donors (Lipinski definition) is 1. The van der Waals surface area contributed by atoms with Crippen molar-refractivity contribution in [2.24, 2.45) is 5.10 Å². The van der Waals surface area contributed by atoms with E-state index in [-0.39, 0.29) is 0 Å². The smallest absolute Gasteiger partial charge is 0.0748 e. The third kappa shape index (κ3) is 4.27. The summed E-state index contributed by atoms with van der Waals surface area (Å²) < 4.78 is 0. The average Bonchev–Trinajstić information content (AvgIpc) is 2.42. The molecule has 1 N–H and O–H groups in total. The summed E-state index contributed by atoms with van der Waals surface area (Å²) in [6, 6.07) is 17.6. The molecular formula is C16H15ClN2. The van der Waals surface area contributed by atoms with Crippen LogP contribution in [-0.2, 0) is 0 Å². The highest BCUT2D eigenvalue weighted by molar-refractivity contribution is 6.33. The molecule has 19 heavy (non-hydrogen) atoms. The van der Waals surface area contributed by atoms with Gasteiger partial charge < -0.3 is 0 Å². The fourth-order valence-electron chi connectivity index (χ4n) is 1.60. The summed E-state index contributed by atoms with van der Waals surface area (Å²) in [6.07, 6.45) is 3.84. The van der Waals surface area contributed by atoms with Gasteiger partial charge in [0.15, 0.2) is 0 Å². The zero-order valence-electron chi connectivity index (χ0n) is 10.7. The van der Waals surface area contributed by atoms with Crippen molar-refractivity contribution in [3.05, 3.63) is 70.8 Å². The fourth-order valence-corrected chi connectivity index (χ4v) is 1.78. The molecule has 0 saturated heterocycles. The van der Waals surface area contributed by atoms with E-state index in [0.29, 0.717) is 5.02 Å². The minimum atomic E-state index is 0.657. The summed E-state index contributed by atoms with van der Waals surface area (Å²) in [6.45, 7) is 2.00. The first-order chi connectivity index (χ1) is 9.25. The highest BCUT2D eigenvalue weighted by Crippen LogP contribution is 2.20. The number of nitrogens with one attached hydrogen (secondary N) is 1. The van der Waals surface area contributed by atoms with E-state index in [2.05, 4.69) is 28.7 Å². The second-order valence-electron chi connectivity index (χ2n) is 4.15. The van der Waals surface area contributed by atoms with Gasteiger partial charge in [-0.2, -0.15) is 5.10 Å². The van der Waals surface area contributed by atoms with Crippen LogP contribution in [0.1, 0.15) is 12.5 Å². The van der Waals surface area contributed by atoms with Crippen molar-refractivity contribution >= 4 is 29.6 Å². The maximum Gasteiger partial charge on any atom is 0.0748 e. The monoisotopic (exact) mass is 270 g/mol.